The van der Waals surface area contributed by atoms with Crippen LogP contribution in [0.15, 0.2) is 41.1 Å². The van der Waals surface area contributed by atoms with Gasteiger partial charge in [0.15, 0.2) is 0 Å². The van der Waals surface area contributed by atoms with Gasteiger partial charge in [-0.3, -0.25) is 9.69 Å². The highest BCUT2D eigenvalue weighted by Crippen LogP contribution is 2.39. The first kappa shape index (κ1) is 15.1. The number of benzene rings is 1. The largest absolute Gasteiger partial charge is 0.496 e. The van der Waals surface area contributed by atoms with Crippen molar-refractivity contribution in [3.63, 3.8) is 0 Å². The number of hydrogen-bond acceptors (Lipinski definition) is 4. The molecule has 2 atom stereocenters. The van der Waals surface area contributed by atoms with Crippen LogP contribution in [0.5, 0.6) is 5.75 Å². The van der Waals surface area contributed by atoms with Crippen molar-refractivity contribution in [2.45, 2.75) is 24.9 Å². The van der Waals surface area contributed by atoms with Crippen LogP contribution >= 0.6 is 11.3 Å². The van der Waals surface area contributed by atoms with Crippen molar-refractivity contribution in [2.24, 2.45) is 0 Å². The lowest BCUT2D eigenvalue weighted by atomic mass is 9.97. The van der Waals surface area contributed by atoms with Crippen molar-refractivity contribution < 1.29 is 14.6 Å². The van der Waals surface area contributed by atoms with Crippen LogP contribution in [0.1, 0.15) is 30.0 Å². The first-order valence-corrected chi connectivity index (χ1v) is 8.30. The molecule has 0 saturated carbocycles. The number of rotatable bonds is 5. The average Bonchev–Trinajstić information content (AvgIpc) is 3.20. The van der Waals surface area contributed by atoms with Crippen molar-refractivity contribution >= 4 is 17.3 Å². The number of hydrogen-bond donors (Lipinski definition) is 1. The molecule has 0 aliphatic carbocycles. The number of likely N-dealkylation sites (tertiary alicyclic amines) is 1. The lowest BCUT2D eigenvalue weighted by molar-refractivity contribution is -0.142. The molecule has 1 aromatic heterocycles. The van der Waals surface area contributed by atoms with Gasteiger partial charge in [0.1, 0.15) is 11.8 Å². The third-order valence-corrected chi connectivity index (χ3v) is 4.90. The van der Waals surface area contributed by atoms with E-state index in [1.807, 2.05) is 29.6 Å². The maximum atomic E-state index is 11.6. The SMILES string of the molecule is COc1ccccc1C(c1ccsc1)N1CCCC1C(=O)O. The number of para-hydroxylation sites is 1. The van der Waals surface area contributed by atoms with Crippen LogP contribution in [0.25, 0.3) is 0 Å². The molecule has 4 nitrogen and oxygen atoms in total. The molecule has 1 aromatic carbocycles. The first-order chi connectivity index (χ1) is 10.7. The third kappa shape index (κ3) is 2.74. The number of carboxylic acids is 1. The summed E-state index contributed by atoms with van der Waals surface area (Å²) >= 11 is 1.63. The smallest absolute Gasteiger partial charge is 0.320 e. The molecule has 2 unspecified atom stereocenters. The second kappa shape index (κ2) is 6.50. The highest BCUT2D eigenvalue weighted by molar-refractivity contribution is 7.08. The Morgan fingerprint density at radius 3 is 2.91 bits per heavy atom. The van der Waals surface area contributed by atoms with Crippen LogP contribution in [-0.4, -0.2) is 35.7 Å². The van der Waals surface area contributed by atoms with Gasteiger partial charge in [-0.2, -0.15) is 11.3 Å². The standard InChI is InChI=1S/C17H19NO3S/c1-21-15-7-3-2-5-13(15)16(12-8-10-22-11-12)18-9-4-6-14(18)17(19)20/h2-3,5,7-8,10-11,14,16H,4,6,9H2,1H3,(H,19,20). The fourth-order valence-electron chi connectivity index (χ4n) is 3.24. The van der Waals surface area contributed by atoms with Gasteiger partial charge in [-0.15, -0.1) is 0 Å². The van der Waals surface area contributed by atoms with Crippen molar-refractivity contribution in [1.82, 2.24) is 4.90 Å². The van der Waals surface area contributed by atoms with E-state index in [4.69, 9.17) is 4.74 Å². The molecule has 3 rings (SSSR count). The number of aliphatic carboxylic acids is 1. The summed E-state index contributed by atoms with van der Waals surface area (Å²) in [5.41, 5.74) is 2.15. The molecule has 1 saturated heterocycles. The molecule has 1 N–H and O–H groups in total. The van der Waals surface area contributed by atoms with E-state index < -0.39 is 12.0 Å². The molecule has 116 valence electrons. The van der Waals surface area contributed by atoms with Gasteiger partial charge in [0, 0.05) is 12.1 Å². The molecule has 5 heteroatoms. The fraction of sp³-hybridized carbons (Fsp3) is 0.353. The molecule has 0 amide bonds. The summed E-state index contributed by atoms with van der Waals surface area (Å²) in [5, 5.41) is 13.7. The minimum atomic E-state index is -0.743. The molecular weight excluding hydrogens is 298 g/mol. The highest BCUT2D eigenvalue weighted by Gasteiger charge is 2.37. The molecule has 0 radical (unpaired) electrons. The molecule has 2 heterocycles. The highest BCUT2D eigenvalue weighted by atomic mass is 32.1. The van der Waals surface area contributed by atoms with E-state index >= 15 is 0 Å². The second-order valence-corrected chi connectivity index (χ2v) is 6.22. The summed E-state index contributed by atoms with van der Waals surface area (Å²) in [6, 6.07) is 9.42. The summed E-state index contributed by atoms with van der Waals surface area (Å²) in [6.07, 6.45) is 1.61. The van der Waals surface area contributed by atoms with Gasteiger partial charge < -0.3 is 9.84 Å². The topological polar surface area (TPSA) is 49.8 Å². The molecule has 2 aromatic rings. The lowest BCUT2D eigenvalue weighted by Gasteiger charge is -2.32. The Kier molecular flexibility index (Phi) is 4.45. The van der Waals surface area contributed by atoms with Crippen LogP contribution in [0, 0.1) is 0 Å². The van der Waals surface area contributed by atoms with Crippen LogP contribution in [0.2, 0.25) is 0 Å². The maximum Gasteiger partial charge on any atom is 0.320 e. The average molecular weight is 317 g/mol. The second-order valence-electron chi connectivity index (χ2n) is 5.44. The Balaban J connectivity index is 2.07. The Morgan fingerprint density at radius 1 is 1.41 bits per heavy atom. The van der Waals surface area contributed by atoms with Gasteiger partial charge in [-0.1, -0.05) is 18.2 Å². The summed E-state index contributed by atoms with van der Waals surface area (Å²) in [5.74, 6) is 0.0577. The summed E-state index contributed by atoms with van der Waals surface area (Å²) in [7, 11) is 1.65. The van der Waals surface area contributed by atoms with Gasteiger partial charge >= 0.3 is 5.97 Å². The Hall–Kier alpha value is -1.85. The minimum Gasteiger partial charge on any atom is -0.496 e. The number of ether oxygens (including phenoxy) is 1. The van der Waals surface area contributed by atoms with E-state index in [2.05, 4.69) is 16.3 Å². The molecular formula is C17H19NO3S. The fourth-order valence-corrected chi connectivity index (χ4v) is 3.91. The Labute approximate surface area is 134 Å². The Morgan fingerprint density at radius 2 is 2.23 bits per heavy atom. The quantitative estimate of drug-likeness (QED) is 0.918. The zero-order valence-electron chi connectivity index (χ0n) is 12.4. The predicted molar refractivity (Wildman–Crippen MR) is 86.5 cm³/mol. The van der Waals surface area contributed by atoms with Crippen LogP contribution < -0.4 is 4.74 Å². The van der Waals surface area contributed by atoms with E-state index in [0.29, 0.717) is 6.42 Å². The van der Waals surface area contributed by atoms with Gasteiger partial charge in [-0.25, -0.2) is 0 Å². The number of methoxy groups -OCH3 is 1. The van der Waals surface area contributed by atoms with Crippen LogP contribution in [0.3, 0.4) is 0 Å². The summed E-state index contributed by atoms with van der Waals surface area (Å²) < 4.78 is 5.51. The van der Waals surface area contributed by atoms with Crippen molar-refractivity contribution in [2.75, 3.05) is 13.7 Å². The van der Waals surface area contributed by atoms with E-state index in [-0.39, 0.29) is 6.04 Å². The van der Waals surface area contributed by atoms with Gasteiger partial charge in [0.05, 0.1) is 13.2 Å². The van der Waals surface area contributed by atoms with Gasteiger partial charge in [0.25, 0.3) is 0 Å². The zero-order chi connectivity index (χ0) is 15.5. The van der Waals surface area contributed by atoms with E-state index in [1.54, 1.807) is 18.4 Å². The summed E-state index contributed by atoms with van der Waals surface area (Å²) in [4.78, 5) is 13.7. The lowest BCUT2D eigenvalue weighted by Crippen LogP contribution is -2.39. The Bertz CT molecular complexity index is 641. The van der Waals surface area contributed by atoms with Crippen LogP contribution in [0.4, 0.5) is 0 Å². The van der Waals surface area contributed by atoms with Crippen molar-refractivity contribution in [1.29, 1.82) is 0 Å². The van der Waals surface area contributed by atoms with Gasteiger partial charge in [-0.05, 0) is 41.3 Å². The first-order valence-electron chi connectivity index (χ1n) is 7.36. The van der Waals surface area contributed by atoms with E-state index in [9.17, 15) is 9.90 Å². The van der Waals surface area contributed by atoms with Gasteiger partial charge in [0.2, 0.25) is 0 Å². The molecule has 1 fully saturated rings. The minimum absolute atomic E-state index is 0.0778. The number of thiophene rings is 1. The molecule has 1 aliphatic rings. The monoisotopic (exact) mass is 317 g/mol. The summed E-state index contributed by atoms with van der Waals surface area (Å²) in [6.45, 7) is 0.787. The number of nitrogens with zero attached hydrogens (tertiary/aromatic N) is 1. The molecule has 1 aliphatic heterocycles. The molecule has 22 heavy (non-hydrogen) atoms. The molecule has 0 bridgehead atoms. The van der Waals surface area contributed by atoms with Crippen LogP contribution in [-0.2, 0) is 4.79 Å². The maximum absolute atomic E-state index is 11.6. The number of carboxylic acid groups (broad SMARTS) is 1. The zero-order valence-corrected chi connectivity index (χ0v) is 13.3. The predicted octanol–water partition coefficient (Wildman–Crippen LogP) is 3.40. The third-order valence-electron chi connectivity index (χ3n) is 4.20. The molecule has 0 spiro atoms. The normalized spacial score (nSPS) is 20.0. The van der Waals surface area contributed by atoms with E-state index in [0.717, 1.165) is 29.8 Å². The number of carbonyl (C=O) groups is 1. The van der Waals surface area contributed by atoms with Crippen molar-refractivity contribution in [3.05, 3.63) is 52.2 Å². The van der Waals surface area contributed by atoms with Crippen molar-refractivity contribution in [3.8, 4) is 5.75 Å². The van der Waals surface area contributed by atoms with E-state index in [1.165, 1.54) is 0 Å².